The average molecular weight is 330 g/mol. The Morgan fingerprint density at radius 2 is 2.21 bits per heavy atom. The van der Waals surface area contributed by atoms with Gasteiger partial charge < -0.3 is 14.6 Å². The lowest BCUT2D eigenvalue weighted by Gasteiger charge is -2.24. The SMILES string of the molecule is O=C(N[C@H]1CCCCN(C(=O)c2ccccn2)C1)c1coc(=O)[nH]1. The summed E-state index contributed by atoms with van der Waals surface area (Å²) in [6.07, 6.45) is 5.21. The van der Waals surface area contributed by atoms with Crippen LogP contribution in [-0.4, -0.2) is 45.8 Å². The predicted molar refractivity (Wildman–Crippen MR) is 84.6 cm³/mol. The minimum Gasteiger partial charge on any atom is -0.416 e. The molecule has 1 aliphatic rings. The molecule has 126 valence electrons. The maximum absolute atomic E-state index is 12.5. The highest BCUT2D eigenvalue weighted by molar-refractivity contribution is 5.93. The minimum atomic E-state index is -0.673. The van der Waals surface area contributed by atoms with Gasteiger partial charge in [0.25, 0.3) is 11.8 Å². The molecule has 2 aromatic heterocycles. The third-order valence-electron chi connectivity index (χ3n) is 3.94. The number of hydrogen-bond donors (Lipinski definition) is 2. The molecule has 0 aliphatic carbocycles. The molecule has 0 spiro atoms. The zero-order valence-electron chi connectivity index (χ0n) is 13.0. The van der Waals surface area contributed by atoms with Gasteiger partial charge in [-0.15, -0.1) is 0 Å². The normalized spacial score (nSPS) is 18.0. The minimum absolute atomic E-state index is 0.0758. The topological polar surface area (TPSA) is 108 Å². The summed E-state index contributed by atoms with van der Waals surface area (Å²) in [5.74, 6) is -1.24. The van der Waals surface area contributed by atoms with Crippen molar-refractivity contribution in [3.05, 3.63) is 52.6 Å². The first kappa shape index (κ1) is 16.0. The number of hydrogen-bond acceptors (Lipinski definition) is 5. The molecule has 0 radical (unpaired) electrons. The monoisotopic (exact) mass is 330 g/mol. The van der Waals surface area contributed by atoms with Gasteiger partial charge in [0.05, 0.1) is 0 Å². The highest BCUT2D eigenvalue weighted by Gasteiger charge is 2.25. The van der Waals surface area contributed by atoms with Crippen molar-refractivity contribution in [3.8, 4) is 0 Å². The van der Waals surface area contributed by atoms with Gasteiger partial charge in [-0.25, -0.2) is 4.79 Å². The van der Waals surface area contributed by atoms with Gasteiger partial charge in [0.2, 0.25) is 0 Å². The van der Waals surface area contributed by atoms with Gasteiger partial charge in [0.15, 0.2) is 0 Å². The molecule has 2 N–H and O–H groups in total. The lowest BCUT2D eigenvalue weighted by molar-refractivity contribution is 0.0731. The summed E-state index contributed by atoms with van der Waals surface area (Å²) < 4.78 is 4.57. The third-order valence-corrected chi connectivity index (χ3v) is 3.94. The summed E-state index contributed by atoms with van der Waals surface area (Å²) in [5, 5.41) is 2.84. The van der Waals surface area contributed by atoms with Crippen LogP contribution >= 0.6 is 0 Å². The quantitative estimate of drug-likeness (QED) is 0.865. The summed E-state index contributed by atoms with van der Waals surface area (Å²) in [7, 11) is 0. The molecule has 2 aromatic rings. The van der Waals surface area contributed by atoms with Crippen LogP contribution in [0.15, 0.2) is 39.9 Å². The number of aromatic nitrogens is 2. The number of nitrogens with one attached hydrogen (secondary N) is 2. The number of rotatable bonds is 3. The van der Waals surface area contributed by atoms with Crippen molar-refractivity contribution in [2.24, 2.45) is 0 Å². The average Bonchev–Trinajstić information content (AvgIpc) is 2.90. The molecule has 2 amide bonds. The van der Waals surface area contributed by atoms with Crippen LogP contribution in [0, 0.1) is 0 Å². The maximum Gasteiger partial charge on any atom is 0.416 e. The molecule has 8 heteroatoms. The smallest absolute Gasteiger partial charge is 0.416 e. The molecule has 1 fully saturated rings. The zero-order valence-corrected chi connectivity index (χ0v) is 13.0. The van der Waals surface area contributed by atoms with Crippen LogP contribution in [0.25, 0.3) is 0 Å². The van der Waals surface area contributed by atoms with E-state index in [1.54, 1.807) is 29.3 Å². The van der Waals surface area contributed by atoms with Crippen LogP contribution < -0.4 is 11.1 Å². The molecule has 1 atom stereocenters. The van der Waals surface area contributed by atoms with Crippen LogP contribution in [0.1, 0.15) is 40.2 Å². The fourth-order valence-corrected chi connectivity index (χ4v) is 2.75. The second-order valence-electron chi connectivity index (χ2n) is 5.69. The van der Waals surface area contributed by atoms with Crippen LogP contribution in [0.5, 0.6) is 0 Å². The number of likely N-dealkylation sites (tertiary alicyclic amines) is 1. The van der Waals surface area contributed by atoms with Gasteiger partial charge in [0, 0.05) is 25.3 Å². The molecular weight excluding hydrogens is 312 g/mol. The summed E-state index contributed by atoms with van der Waals surface area (Å²) in [6.45, 7) is 1.04. The first-order chi connectivity index (χ1) is 11.6. The first-order valence-corrected chi connectivity index (χ1v) is 7.82. The molecule has 0 aromatic carbocycles. The van der Waals surface area contributed by atoms with E-state index >= 15 is 0 Å². The number of carbonyl (C=O) groups excluding carboxylic acids is 2. The second kappa shape index (κ2) is 7.12. The van der Waals surface area contributed by atoms with Gasteiger partial charge in [-0.05, 0) is 31.4 Å². The fourth-order valence-electron chi connectivity index (χ4n) is 2.75. The number of nitrogens with zero attached hydrogens (tertiary/aromatic N) is 2. The number of H-pyrrole nitrogens is 1. The summed E-state index contributed by atoms with van der Waals surface area (Å²) >= 11 is 0. The van der Waals surface area contributed by atoms with Crippen LogP contribution in [-0.2, 0) is 0 Å². The molecule has 0 bridgehead atoms. The van der Waals surface area contributed by atoms with Crippen molar-refractivity contribution in [1.29, 1.82) is 0 Å². The van der Waals surface area contributed by atoms with E-state index in [1.165, 1.54) is 0 Å². The lowest BCUT2D eigenvalue weighted by atomic mass is 10.1. The molecule has 3 heterocycles. The Bertz CT molecular complexity index is 768. The highest BCUT2D eigenvalue weighted by Crippen LogP contribution is 2.13. The Kier molecular flexibility index (Phi) is 4.74. The molecule has 1 saturated heterocycles. The number of carbonyl (C=O) groups is 2. The standard InChI is InChI=1S/C16H18N4O4/c21-14(13-10-24-16(23)19-13)18-11-5-2-4-8-20(9-11)15(22)12-6-1-3-7-17-12/h1,3,6-7,10-11H,2,4-5,8-9H2,(H,18,21)(H,19,23)/t11-/m0/s1. The van der Waals surface area contributed by atoms with Crippen molar-refractivity contribution in [2.75, 3.05) is 13.1 Å². The van der Waals surface area contributed by atoms with Crippen molar-refractivity contribution in [1.82, 2.24) is 20.2 Å². The Hall–Kier alpha value is -2.90. The summed E-state index contributed by atoms with van der Waals surface area (Å²) in [5.41, 5.74) is 0.468. The van der Waals surface area contributed by atoms with Crippen LogP contribution in [0.4, 0.5) is 0 Å². The van der Waals surface area contributed by atoms with E-state index in [0.29, 0.717) is 18.8 Å². The van der Waals surface area contributed by atoms with E-state index < -0.39 is 11.7 Å². The number of pyridine rings is 1. The molecule has 8 nitrogen and oxygen atoms in total. The van der Waals surface area contributed by atoms with Crippen LogP contribution in [0.2, 0.25) is 0 Å². The van der Waals surface area contributed by atoms with Gasteiger partial charge in [-0.2, -0.15) is 0 Å². The second-order valence-corrected chi connectivity index (χ2v) is 5.69. The van der Waals surface area contributed by atoms with Crippen LogP contribution in [0.3, 0.4) is 0 Å². The van der Waals surface area contributed by atoms with Crippen molar-refractivity contribution >= 4 is 11.8 Å². The Morgan fingerprint density at radius 1 is 1.33 bits per heavy atom. The first-order valence-electron chi connectivity index (χ1n) is 7.82. The zero-order chi connectivity index (χ0) is 16.9. The summed E-state index contributed by atoms with van der Waals surface area (Å²) in [4.78, 5) is 43.8. The Labute approximate surface area is 137 Å². The molecule has 3 rings (SSSR count). The number of amides is 2. The molecule has 0 saturated carbocycles. The third kappa shape index (κ3) is 3.70. The van der Waals surface area contributed by atoms with E-state index in [9.17, 15) is 14.4 Å². The van der Waals surface area contributed by atoms with E-state index in [4.69, 9.17) is 0 Å². The lowest BCUT2D eigenvalue weighted by Crippen LogP contribution is -2.45. The predicted octanol–water partition coefficient (Wildman–Crippen LogP) is 0.788. The molecular formula is C16H18N4O4. The van der Waals surface area contributed by atoms with E-state index in [-0.39, 0.29) is 17.6 Å². The van der Waals surface area contributed by atoms with Crippen molar-refractivity contribution in [3.63, 3.8) is 0 Å². The van der Waals surface area contributed by atoms with Crippen molar-refractivity contribution < 1.29 is 14.0 Å². The fraction of sp³-hybridized carbons (Fsp3) is 0.375. The number of oxazole rings is 1. The molecule has 0 unspecified atom stereocenters. The van der Waals surface area contributed by atoms with Crippen molar-refractivity contribution in [2.45, 2.75) is 25.3 Å². The van der Waals surface area contributed by atoms with Gasteiger partial charge in [-0.1, -0.05) is 6.07 Å². The van der Waals surface area contributed by atoms with Gasteiger partial charge in [0.1, 0.15) is 17.7 Å². The molecule has 24 heavy (non-hydrogen) atoms. The van der Waals surface area contributed by atoms with Gasteiger partial charge >= 0.3 is 5.76 Å². The Morgan fingerprint density at radius 3 is 2.92 bits per heavy atom. The summed E-state index contributed by atoms with van der Waals surface area (Å²) in [6, 6.07) is 5.02. The highest BCUT2D eigenvalue weighted by atomic mass is 16.4. The van der Waals surface area contributed by atoms with E-state index in [0.717, 1.165) is 25.5 Å². The number of aromatic amines is 1. The maximum atomic E-state index is 12.5. The van der Waals surface area contributed by atoms with E-state index in [2.05, 4.69) is 19.7 Å². The largest absolute Gasteiger partial charge is 0.416 e. The van der Waals surface area contributed by atoms with Gasteiger partial charge in [-0.3, -0.25) is 19.6 Å². The Balaban J connectivity index is 1.67. The van der Waals surface area contributed by atoms with E-state index in [1.807, 2.05) is 0 Å². The molecule has 1 aliphatic heterocycles.